The van der Waals surface area contributed by atoms with Crippen molar-refractivity contribution in [2.45, 2.75) is 39.7 Å². The van der Waals surface area contributed by atoms with Crippen LogP contribution in [0.2, 0.25) is 0 Å². The molecule has 2 atom stereocenters. The van der Waals surface area contributed by atoms with Crippen molar-refractivity contribution in [2.24, 2.45) is 11.8 Å². The molecule has 110 valence electrons. The van der Waals surface area contributed by atoms with Crippen molar-refractivity contribution in [3.05, 3.63) is 0 Å². The highest BCUT2D eigenvalue weighted by Gasteiger charge is 2.28. The Morgan fingerprint density at radius 1 is 1.37 bits per heavy atom. The molecule has 0 aromatic heterocycles. The van der Waals surface area contributed by atoms with Gasteiger partial charge in [-0.15, -0.1) is 0 Å². The highest BCUT2D eigenvalue weighted by atomic mass is 16.5. The summed E-state index contributed by atoms with van der Waals surface area (Å²) in [4.78, 5) is 25.2. The molecule has 1 N–H and O–H groups in total. The second kappa shape index (κ2) is 7.48. The smallest absolute Gasteiger partial charge is 0.322 e. The molecule has 1 saturated heterocycles. The largest absolute Gasteiger partial charge is 0.468 e. The third-order valence-corrected chi connectivity index (χ3v) is 3.73. The van der Waals surface area contributed by atoms with Gasteiger partial charge in [0.05, 0.1) is 7.11 Å². The number of amides is 1. The van der Waals surface area contributed by atoms with Crippen molar-refractivity contribution in [3.63, 3.8) is 0 Å². The fourth-order valence-electron chi connectivity index (χ4n) is 2.38. The Kier molecular flexibility index (Phi) is 6.28. The van der Waals surface area contributed by atoms with E-state index in [-0.39, 0.29) is 23.8 Å². The summed E-state index contributed by atoms with van der Waals surface area (Å²) in [6.07, 6.45) is 2.16. The van der Waals surface area contributed by atoms with Gasteiger partial charge < -0.3 is 10.1 Å². The number of carbonyl (C=O) groups excluding carboxylic acids is 2. The lowest BCUT2D eigenvalue weighted by atomic mass is 9.96. The molecule has 0 spiro atoms. The van der Waals surface area contributed by atoms with Crippen LogP contribution >= 0.6 is 0 Å². The molecule has 0 bridgehead atoms. The fourth-order valence-corrected chi connectivity index (χ4v) is 2.38. The molecule has 1 fully saturated rings. The second-order valence-corrected chi connectivity index (χ2v) is 5.60. The topological polar surface area (TPSA) is 58.6 Å². The average molecular weight is 270 g/mol. The van der Waals surface area contributed by atoms with E-state index in [4.69, 9.17) is 4.74 Å². The van der Waals surface area contributed by atoms with Crippen LogP contribution in [0.25, 0.3) is 0 Å². The minimum Gasteiger partial charge on any atom is -0.468 e. The van der Waals surface area contributed by atoms with Gasteiger partial charge in [0.25, 0.3) is 0 Å². The Balaban J connectivity index is 2.42. The molecule has 1 aliphatic rings. The van der Waals surface area contributed by atoms with Crippen LogP contribution in [0.3, 0.4) is 0 Å². The zero-order valence-electron chi connectivity index (χ0n) is 12.4. The Hall–Kier alpha value is -1.10. The van der Waals surface area contributed by atoms with Crippen LogP contribution in [0.1, 0.15) is 33.6 Å². The molecule has 1 amide bonds. The number of piperidine rings is 1. The zero-order chi connectivity index (χ0) is 14.4. The lowest BCUT2D eigenvalue weighted by molar-refractivity contribution is -0.147. The van der Waals surface area contributed by atoms with Crippen LogP contribution in [0.4, 0.5) is 0 Å². The molecule has 0 aromatic carbocycles. The number of esters is 1. The van der Waals surface area contributed by atoms with Gasteiger partial charge in [0, 0.05) is 19.0 Å². The highest BCUT2D eigenvalue weighted by Crippen LogP contribution is 2.18. The number of carbonyl (C=O) groups is 2. The second-order valence-electron chi connectivity index (χ2n) is 5.60. The first kappa shape index (κ1) is 16.0. The van der Waals surface area contributed by atoms with E-state index in [2.05, 4.69) is 10.2 Å². The van der Waals surface area contributed by atoms with Gasteiger partial charge in [0.2, 0.25) is 5.91 Å². The van der Waals surface area contributed by atoms with Crippen molar-refractivity contribution in [3.8, 4) is 0 Å². The van der Waals surface area contributed by atoms with Crippen LogP contribution in [-0.4, -0.2) is 49.6 Å². The van der Waals surface area contributed by atoms with Crippen molar-refractivity contribution in [1.29, 1.82) is 0 Å². The third kappa shape index (κ3) is 4.82. The molecule has 0 aromatic rings. The molecule has 5 nitrogen and oxygen atoms in total. The van der Waals surface area contributed by atoms with Gasteiger partial charge in [-0.3, -0.25) is 14.5 Å². The number of likely N-dealkylation sites (tertiary alicyclic amines) is 1. The number of ether oxygens (including phenoxy) is 1. The zero-order valence-corrected chi connectivity index (χ0v) is 12.4. The Morgan fingerprint density at radius 2 is 2.05 bits per heavy atom. The van der Waals surface area contributed by atoms with Gasteiger partial charge in [0.15, 0.2) is 0 Å². The summed E-state index contributed by atoms with van der Waals surface area (Å²) < 4.78 is 4.78. The van der Waals surface area contributed by atoms with Crippen LogP contribution in [-0.2, 0) is 14.3 Å². The van der Waals surface area contributed by atoms with E-state index in [1.165, 1.54) is 7.11 Å². The minimum atomic E-state index is -0.200. The SMILES string of the molecule is COC(=O)[C@@H](C)N1CCC[C@H](CNC(=O)C(C)C)C1. The van der Waals surface area contributed by atoms with E-state index in [9.17, 15) is 9.59 Å². The lowest BCUT2D eigenvalue weighted by Gasteiger charge is -2.35. The minimum absolute atomic E-state index is 0.0219. The van der Waals surface area contributed by atoms with E-state index >= 15 is 0 Å². The van der Waals surface area contributed by atoms with Crippen molar-refractivity contribution >= 4 is 11.9 Å². The van der Waals surface area contributed by atoms with Gasteiger partial charge in [0.1, 0.15) is 6.04 Å². The van der Waals surface area contributed by atoms with Gasteiger partial charge in [-0.25, -0.2) is 0 Å². The Bertz CT molecular complexity index is 318. The fraction of sp³-hybridized carbons (Fsp3) is 0.857. The first-order valence-electron chi connectivity index (χ1n) is 7.05. The summed E-state index contributed by atoms with van der Waals surface area (Å²) in [5.74, 6) is 0.349. The predicted octanol–water partition coefficient (Wildman–Crippen LogP) is 1.03. The Labute approximate surface area is 115 Å². The van der Waals surface area contributed by atoms with Crippen molar-refractivity contribution in [1.82, 2.24) is 10.2 Å². The summed E-state index contributed by atoms with van der Waals surface area (Å²) in [6, 6.07) is -0.200. The van der Waals surface area contributed by atoms with Crippen LogP contribution < -0.4 is 5.32 Å². The van der Waals surface area contributed by atoms with E-state index in [1.54, 1.807) is 0 Å². The number of rotatable bonds is 5. The molecule has 0 unspecified atom stereocenters. The summed E-state index contributed by atoms with van der Waals surface area (Å²) in [7, 11) is 1.42. The first-order valence-corrected chi connectivity index (χ1v) is 7.05. The molecule has 0 saturated carbocycles. The van der Waals surface area contributed by atoms with E-state index in [0.717, 1.165) is 25.9 Å². The molecular formula is C14H26N2O3. The number of nitrogens with one attached hydrogen (secondary N) is 1. The summed E-state index contributed by atoms with van der Waals surface area (Å²) in [6.45, 7) is 8.12. The van der Waals surface area contributed by atoms with E-state index in [0.29, 0.717) is 12.5 Å². The maximum atomic E-state index is 11.6. The highest BCUT2D eigenvalue weighted by molar-refractivity contribution is 5.77. The Morgan fingerprint density at radius 3 is 2.63 bits per heavy atom. The maximum absolute atomic E-state index is 11.6. The molecule has 0 aliphatic carbocycles. The van der Waals surface area contributed by atoms with Gasteiger partial charge >= 0.3 is 5.97 Å². The van der Waals surface area contributed by atoms with Crippen LogP contribution in [0, 0.1) is 11.8 Å². The summed E-state index contributed by atoms with van der Waals surface area (Å²) in [5, 5.41) is 2.97. The predicted molar refractivity (Wildman–Crippen MR) is 73.6 cm³/mol. The molecule has 5 heteroatoms. The molecule has 1 rings (SSSR count). The van der Waals surface area contributed by atoms with Crippen LogP contribution in [0.15, 0.2) is 0 Å². The molecule has 19 heavy (non-hydrogen) atoms. The third-order valence-electron chi connectivity index (χ3n) is 3.73. The molecular weight excluding hydrogens is 244 g/mol. The maximum Gasteiger partial charge on any atom is 0.322 e. The van der Waals surface area contributed by atoms with E-state index in [1.807, 2.05) is 20.8 Å². The van der Waals surface area contributed by atoms with Crippen LogP contribution in [0.5, 0.6) is 0 Å². The first-order chi connectivity index (χ1) is 8.95. The monoisotopic (exact) mass is 270 g/mol. The number of hydrogen-bond donors (Lipinski definition) is 1. The van der Waals surface area contributed by atoms with Crippen molar-refractivity contribution in [2.75, 3.05) is 26.7 Å². The average Bonchev–Trinajstić information content (AvgIpc) is 2.43. The van der Waals surface area contributed by atoms with E-state index < -0.39 is 0 Å². The lowest BCUT2D eigenvalue weighted by Crippen LogP contribution is -2.48. The summed E-state index contributed by atoms with van der Waals surface area (Å²) in [5.41, 5.74) is 0. The molecule has 0 radical (unpaired) electrons. The van der Waals surface area contributed by atoms with Gasteiger partial charge in [-0.2, -0.15) is 0 Å². The molecule has 1 heterocycles. The normalized spacial score (nSPS) is 22.1. The van der Waals surface area contributed by atoms with Gasteiger partial charge in [-0.05, 0) is 32.2 Å². The standard InChI is InChI=1S/C14H26N2O3/c1-10(2)13(17)15-8-12-6-5-7-16(9-12)11(3)14(18)19-4/h10-12H,5-9H2,1-4H3,(H,15,17)/t11-,12-/m1/s1. The summed E-state index contributed by atoms with van der Waals surface area (Å²) >= 11 is 0. The quantitative estimate of drug-likeness (QED) is 0.758. The number of hydrogen-bond acceptors (Lipinski definition) is 4. The number of nitrogens with zero attached hydrogens (tertiary/aromatic N) is 1. The van der Waals surface area contributed by atoms with Gasteiger partial charge in [-0.1, -0.05) is 13.8 Å². The van der Waals surface area contributed by atoms with Crippen molar-refractivity contribution < 1.29 is 14.3 Å². The number of methoxy groups -OCH3 is 1. The molecule has 1 aliphatic heterocycles.